The largest absolute Gasteiger partial charge is 0.465 e. The van der Waals surface area contributed by atoms with Gasteiger partial charge in [-0.15, -0.1) is 0 Å². The molecule has 30 heavy (non-hydrogen) atoms. The van der Waals surface area contributed by atoms with Crippen molar-refractivity contribution in [3.8, 4) is 16.8 Å². The van der Waals surface area contributed by atoms with E-state index in [0.717, 1.165) is 22.3 Å². The Kier molecular flexibility index (Phi) is 6.41. The first kappa shape index (κ1) is 21.8. The molecule has 2 aromatic carbocycles. The van der Waals surface area contributed by atoms with E-state index >= 15 is 0 Å². The van der Waals surface area contributed by atoms with Gasteiger partial charge >= 0.3 is 5.97 Å². The summed E-state index contributed by atoms with van der Waals surface area (Å²) in [5, 5.41) is 0. The normalized spacial score (nSPS) is 11.5. The van der Waals surface area contributed by atoms with Crippen molar-refractivity contribution in [1.82, 2.24) is 4.57 Å². The number of rotatable bonds is 7. The van der Waals surface area contributed by atoms with Gasteiger partial charge in [-0.1, -0.05) is 19.1 Å². The molecule has 158 valence electrons. The van der Waals surface area contributed by atoms with Gasteiger partial charge in [0.2, 0.25) is 0 Å². The first-order chi connectivity index (χ1) is 14.2. The molecule has 0 aliphatic heterocycles. The molecule has 0 saturated carbocycles. The zero-order valence-corrected chi connectivity index (χ0v) is 18.0. The summed E-state index contributed by atoms with van der Waals surface area (Å²) in [7, 11) is -3.45. The lowest BCUT2D eigenvalue weighted by atomic mass is 9.99. The minimum atomic E-state index is -3.45. The van der Waals surface area contributed by atoms with E-state index in [-0.39, 0.29) is 16.7 Å². The molecule has 0 radical (unpaired) electrons. The van der Waals surface area contributed by atoms with Crippen LogP contribution in [0, 0.1) is 12.7 Å². The number of ether oxygens (including phenoxy) is 1. The van der Waals surface area contributed by atoms with E-state index in [9.17, 15) is 17.6 Å². The van der Waals surface area contributed by atoms with Crippen LogP contribution in [-0.4, -0.2) is 31.8 Å². The molecule has 0 N–H and O–H groups in total. The monoisotopic (exact) mass is 429 g/mol. The van der Waals surface area contributed by atoms with Crippen LogP contribution in [0.25, 0.3) is 16.8 Å². The summed E-state index contributed by atoms with van der Waals surface area (Å²) in [5.41, 5.74) is 4.01. The van der Waals surface area contributed by atoms with Crippen LogP contribution in [0.1, 0.15) is 24.5 Å². The number of hydrogen-bond acceptors (Lipinski definition) is 4. The molecule has 0 aliphatic rings. The van der Waals surface area contributed by atoms with Gasteiger partial charge in [0.15, 0.2) is 9.84 Å². The van der Waals surface area contributed by atoms with Crippen molar-refractivity contribution in [2.75, 3.05) is 12.9 Å². The fourth-order valence-corrected chi connectivity index (χ4v) is 3.87. The predicted molar refractivity (Wildman–Crippen MR) is 114 cm³/mol. The number of esters is 1. The average Bonchev–Trinajstić information content (AvgIpc) is 3.16. The Morgan fingerprint density at radius 2 is 1.83 bits per heavy atom. The fraction of sp³-hybridized carbons (Fsp3) is 0.261. The van der Waals surface area contributed by atoms with E-state index in [1.54, 1.807) is 31.2 Å². The third kappa shape index (κ3) is 4.97. The van der Waals surface area contributed by atoms with E-state index in [2.05, 4.69) is 0 Å². The van der Waals surface area contributed by atoms with E-state index in [1.807, 2.05) is 30.0 Å². The summed E-state index contributed by atoms with van der Waals surface area (Å²) >= 11 is 0. The van der Waals surface area contributed by atoms with Gasteiger partial charge in [-0.05, 0) is 59.5 Å². The van der Waals surface area contributed by atoms with Crippen LogP contribution >= 0.6 is 0 Å². The molecule has 0 saturated heterocycles. The van der Waals surface area contributed by atoms with Crippen LogP contribution in [-0.2, 0) is 25.8 Å². The quantitative estimate of drug-likeness (QED) is 0.519. The first-order valence-electron chi connectivity index (χ1n) is 9.62. The van der Waals surface area contributed by atoms with Crippen LogP contribution in [0.2, 0.25) is 0 Å². The lowest BCUT2D eigenvalue weighted by Crippen LogP contribution is -2.06. The number of carbonyl (C=O) groups excluding carboxylic acids is 1. The van der Waals surface area contributed by atoms with E-state index < -0.39 is 9.84 Å². The Labute approximate surface area is 176 Å². The Morgan fingerprint density at radius 3 is 2.47 bits per heavy atom. The smallest absolute Gasteiger partial charge is 0.305 e. The summed E-state index contributed by atoms with van der Waals surface area (Å²) in [6, 6.07) is 11.1. The van der Waals surface area contributed by atoms with Crippen molar-refractivity contribution in [3.63, 3.8) is 0 Å². The van der Waals surface area contributed by atoms with Crippen LogP contribution in [0.5, 0.6) is 0 Å². The highest BCUT2D eigenvalue weighted by atomic mass is 32.2. The van der Waals surface area contributed by atoms with Gasteiger partial charge in [-0.3, -0.25) is 4.79 Å². The number of hydrogen-bond donors (Lipinski definition) is 0. The summed E-state index contributed by atoms with van der Waals surface area (Å²) in [4.78, 5) is 11.5. The maximum atomic E-state index is 13.4. The number of carbonyl (C=O) groups is 1. The summed E-state index contributed by atoms with van der Waals surface area (Å²) in [6.07, 6.45) is 5.81. The highest BCUT2D eigenvalue weighted by molar-refractivity contribution is 7.90. The van der Waals surface area contributed by atoms with Gasteiger partial charge in [0.05, 0.1) is 11.5 Å². The van der Waals surface area contributed by atoms with E-state index in [1.165, 1.54) is 18.4 Å². The van der Waals surface area contributed by atoms with E-state index in [0.29, 0.717) is 25.1 Å². The summed E-state index contributed by atoms with van der Waals surface area (Å²) < 4.78 is 44.9. The second-order valence-electron chi connectivity index (χ2n) is 7.15. The first-order valence-corrected chi connectivity index (χ1v) is 11.5. The zero-order chi connectivity index (χ0) is 21.9. The molecule has 7 heteroatoms. The zero-order valence-electron chi connectivity index (χ0n) is 17.2. The van der Waals surface area contributed by atoms with Crippen molar-refractivity contribution < 1.29 is 22.3 Å². The molecule has 1 aromatic heterocycles. The van der Waals surface area contributed by atoms with Gasteiger partial charge in [-0.2, -0.15) is 0 Å². The third-order valence-electron chi connectivity index (χ3n) is 4.91. The molecule has 0 aliphatic carbocycles. The van der Waals surface area contributed by atoms with Gasteiger partial charge in [-0.25, -0.2) is 12.8 Å². The summed E-state index contributed by atoms with van der Waals surface area (Å²) in [5.74, 6) is -0.593. The minimum Gasteiger partial charge on any atom is -0.465 e. The SMILES string of the molecule is CCC(=O)OCCc1ccn(-c2cc(S(C)(=O)=O)cc(-c3ccc(F)cc3)c2C)c1. The molecule has 0 amide bonds. The van der Waals surface area contributed by atoms with Crippen molar-refractivity contribution in [2.45, 2.75) is 31.6 Å². The molecule has 0 fully saturated rings. The number of benzene rings is 2. The Balaban J connectivity index is 2.01. The van der Waals surface area contributed by atoms with Crippen molar-refractivity contribution in [2.24, 2.45) is 0 Å². The van der Waals surface area contributed by atoms with Gasteiger partial charge in [0.1, 0.15) is 5.82 Å². The molecule has 0 bridgehead atoms. The topological polar surface area (TPSA) is 65.4 Å². The maximum Gasteiger partial charge on any atom is 0.305 e. The molecule has 3 rings (SSSR count). The number of nitrogens with zero attached hydrogens (tertiary/aromatic N) is 1. The highest BCUT2D eigenvalue weighted by Gasteiger charge is 2.16. The third-order valence-corrected chi connectivity index (χ3v) is 6.00. The van der Waals surface area contributed by atoms with Gasteiger partial charge < -0.3 is 9.30 Å². The molecule has 1 heterocycles. The Morgan fingerprint density at radius 1 is 1.13 bits per heavy atom. The summed E-state index contributed by atoms with van der Waals surface area (Å²) in [6.45, 7) is 3.94. The fourth-order valence-electron chi connectivity index (χ4n) is 3.21. The highest BCUT2D eigenvalue weighted by Crippen LogP contribution is 2.32. The molecular weight excluding hydrogens is 405 g/mol. The lowest BCUT2D eigenvalue weighted by Gasteiger charge is -2.15. The maximum absolute atomic E-state index is 13.4. The standard InChI is InChI=1S/C23H24FNO4S/c1-4-23(26)29-12-10-17-9-11-25(15-17)22-14-20(30(3,27)28)13-21(16(22)2)18-5-7-19(24)8-6-18/h5-9,11,13-15H,4,10,12H2,1-3H3. The molecule has 0 unspecified atom stereocenters. The van der Waals surface area contributed by atoms with Crippen LogP contribution in [0.3, 0.4) is 0 Å². The molecule has 0 atom stereocenters. The van der Waals surface area contributed by atoms with Crippen LogP contribution in [0.15, 0.2) is 59.8 Å². The second-order valence-corrected chi connectivity index (χ2v) is 9.16. The van der Waals surface area contributed by atoms with E-state index in [4.69, 9.17) is 4.74 Å². The molecule has 5 nitrogen and oxygen atoms in total. The Hall–Kier alpha value is -2.93. The van der Waals surface area contributed by atoms with Crippen molar-refractivity contribution in [1.29, 1.82) is 0 Å². The van der Waals surface area contributed by atoms with Crippen LogP contribution < -0.4 is 0 Å². The lowest BCUT2D eigenvalue weighted by molar-refractivity contribution is -0.143. The van der Waals surface area contributed by atoms with Crippen molar-refractivity contribution in [3.05, 3.63) is 71.8 Å². The molecule has 3 aromatic rings. The van der Waals surface area contributed by atoms with Crippen molar-refractivity contribution >= 4 is 15.8 Å². The number of aromatic nitrogens is 1. The number of halogens is 1. The van der Waals surface area contributed by atoms with Gasteiger partial charge in [0, 0.05) is 37.2 Å². The second kappa shape index (κ2) is 8.83. The molecular formula is C23H24FNO4S. The Bertz CT molecular complexity index is 1160. The predicted octanol–water partition coefficient (Wildman–Crippen LogP) is 4.49. The molecule has 0 spiro atoms. The minimum absolute atomic E-state index is 0.189. The average molecular weight is 430 g/mol. The number of sulfone groups is 1. The van der Waals surface area contributed by atoms with Crippen LogP contribution in [0.4, 0.5) is 4.39 Å². The van der Waals surface area contributed by atoms with Gasteiger partial charge in [0.25, 0.3) is 0 Å².